The lowest BCUT2D eigenvalue weighted by Crippen LogP contribution is -2.50. The van der Waals surface area contributed by atoms with Crippen LogP contribution in [0.5, 0.6) is 0 Å². The molecule has 1 unspecified atom stereocenters. The van der Waals surface area contributed by atoms with Gasteiger partial charge in [0, 0.05) is 12.6 Å². The van der Waals surface area contributed by atoms with Crippen LogP contribution in [0.2, 0.25) is 0 Å². The van der Waals surface area contributed by atoms with Crippen LogP contribution in [0, 0.1) is 17.2 Å². The number of hydrogen-bond donors (Lipinski definition) is 1. The van der Waals surface area contributed by atoms with Gasteiger partial charge in [-0.05, 0) is 44.3 Å². The molecule has 1 fully saturated rings. The van der Waals surface area contributed by atoms with E-state index in [9.17, 15) is 5.26 Å². The lowest BCUT2D eigenvalue weighted by molar-refractivity contribution is 0.237. The number of hydrogen-bond acceptors (Lipinski definition) is 3. The third kappa shape index (κ3) is 4.56. The molecule has 1 atom stereocenters. The first-order valence-electron chi connectivity index (χ1n) is 7.99. The fraction of sp³-hybridized carbons (Fsp3) is 0.611. The van der Waals surface area contributed by atoms with Crippen molar-refractivity contribution in [3.63, 3.8) is 0 Å². The van der Waals surface area contributed by atoms with E-state index >= 15 is 0 Å². The predicted molar refractivity (Wildman–Crippen MR) is 86.8 cm³/mol. The van der Waals surface area contributed by atoms with Crippen LogP contribution >= 0.6 is 0 Å². The summed E-state index contributed by atoms with van der Waals surface area (Å²) >= 11 is 0. The van der Waals surface area contributed by atoms with E-state index in [0.29, 0.717) is 12.0 Å². The van der Waals surface area contributed by atoms with Crippen LogP contribution in [0.3, 0.4) is 0 Å². The predicted octanol–water partition coefficient (Wildman–Crippen LogP) is 3.14. The molecule has 0 amide bonds. The van der Waals surface area contributed by atoms with Crippen LogP contribution < -0.4 is 5.32 Å². The average molecular weight is 285 g/mol. The summed E-state index contributed by atoms with van der Waals surface area (Å²) < 4.78 is 0. The Morgan fingerprint density at radius 1 is 1.33 bits per heavy atom. The summed E-state index contributed by atoms with van der Waals surface area (Å²) in [5, 5.41) is 13.5. The summed E-state index contributed by atoms with van der Waals surface area (Å²) in [5.41, 5.74) is 0.490. The lowest BCUT2D eigenvalue weighted by Gasteiger charge is -2.33. The van der Waals surface area contributed by atoms with Crippen LogP contribution in [0.25, 0.3) is 0 Å². The minimum atomic E-state index is -0.589. The van der Waals surface area contributed by atoms with E-state index < -0.39 is 5.54 Å². The molecule has 0 aliphatic heterocycles. The summed E-state index contributed by atoms with van der Waals surface area (Å²) in [5.74, 6) is 0.692. The normalized spacial score (nSPS) is 17.7. The zero-order chi connectivity index (χ0) is 15.3. The van der Waals surface area contributed by atoms with E-state index in [0.717, 1.165) is 25.1 Å². The summed E-state index contributed by atoms with van der Waals surface area (Å²) in [6.45, 7) is 6.24. The van der Waals surface area contributed by atoms with Crippen molar-refractivity contribution in [2.75, 3.05) is 20.1 Å². The lowest BCUT2D eigenvalue weighted by atomic mass is 9.90. The zero-order valence-electron chi connectivity index (χ0n) is 13.5. The van der Waals surface area contributed by atoms with Gasteiger partial charge in [-0.25, -0.2) is 0 Å². The average Bonchev–Trinajstić information content (AvgIpc) is 3.29. The molecule has 21 heavy (non-hydrogen) atoms. The van der Waals surface area contributed by atoms with E-state index in [1.165, 1.54) is 12.8 Å². The first-order chi connectivity index (χ1) is 10.1. The smallest absolute Gasteiger partial charge is 0.145 e. The molecule has 0 bridgehead atoms. The van der Waals surface area contributed by atoms with Crippen molar-refractivity contribution in [1.29, 1.82) is 5.26 Å². The molecule has 0 aromatic heterocycles. The number of benzene rings is 1. The van der Waals surface area contributed by atoms with E-state index in [4.69, 9.17) is 0 Å². The van der Waals surface area contributed by atoms with Gasteiger partial charge >= 0.3 is 0 Å². The topological polar surface area (TPSA) is 39.1 Å². The van der Waals surface area contributed by atoms with Gasteiger partial charge in [0.25, 0.3) is 0 Å². The molecule has 3 heteroatoms. The van der Waals surface area contributed by atoms with Gasteiger partial charge in [-0.15, -0.1) is 0 Å². The monoisotopic (exact) mass is 285 g/mol. The van der Waals surface area contributed by atoms with E-state index in [1.807, 2.05) is 18.2 Å². The Hall–Kier alpha value is -1.37. The van der Waals surface area contributed by atoms with E-state index in [2.05, 4.69) is 49.3 Å². The molecule has 1 saturated carbocycles. The van der Waals surface area contributed by atoms with Crippen molar-refractivity contribution in [3.8, 4) is 6.07 Å². The van der Waals surface area contributed by atoms with Gasteiger partial charge in [0.2, 0.25) is 0 Å². The van der Waals surface area contributed by atoms with Gasteiger partial charge < -0.3 is 4.90 Å². The third-order valence-corrected chi connectivity index (χ3v) is 4.08. The van der Waals surface area contributed by atoms with Crippen molar-refractivity contribution < 1.29 is 0 Å². The highest BCUT2D eigenvalue weighted by molar-refractivity contribution is 5.32. The Bertz CT molecular complexity index is 473. The van der Waals surface area contributed by atoms with Crippen LogP contribution in [-0.4, -0.2) is 31.1 Å². The zero-order valence-corrected chi connectivity index (χ0v) is 13.5. The van der Waals surface area contributed by atoms with Crippen LogP contribution in [0.4, 0.5) is 0 Å². The largest absolute Gasteiger partial charge is 0.303 e. The fourth-order valence-corrected chi connectivity index (χ4v) is 2.61. The second-order valence-corrected chi connectivity index (χ2v) is 6.72. The standard InChI is InChI=1S/C18H27N3/c1-15(2)11-12-21(3)14-18(13-19,20-17-9-10-17)16-7-5-4-6-8-16/h4-8,15,17,20H,9-12,14H2,1-3H3. The molecule has 0 spiro atoms. The summed E-state index contributed by atoms with van der Waals surface area (Å²) in [6.07, 6.45) is 3.54. The fourth-order valence-electron chi connectivity index (χ4n) is 2.61. The summed E-state index contributed by atoms with van der Waals surface area (Å²) in [4.78, 5) is 2.28. The summed E-state index contributed by atoms with van der Waals surface area (Å²) in [7, 11) is 2.12. The highest BCUT2D eigenvalue weighted by Crippen LogP contribution is 2.29. The van der Waals surface area contributed by atoms with Crippen molar-refractivity contribution in [2.45, 2.75) is 44.7 Å². The number of nitriles is 1. The number of nitrogens with one attached hydrogen (secondary N) is 1. The van der Waals surface area contributed by atoms with Gasteiger partial charge in [0.15, 0.2) is 0 Å². The molecule has 1 aliphatic carbocycles. The number of rotatable bonds is 8. The van der Waals surface area contributed by atoms with Gasteiger partial charge in [-0.3, -0.25) is 5.32 Å². The number of nitrogens with zero attached hydrogens (tertiary/aromatic N) is 2. The minimum absolute atomic E-state index is 0.503. The third-order valence-electron chi connectivity index (χ3n) is 4.08. The molecule has 0 saturated heterocycles. The molecule has 0 radical (unpaired) electrons. The highest BCUT2D eigenvalue weighted by atomic mass is 15.2. The Morgan fingerprint density at radius 3 is 2.52 bits per heavy atom. The minimum Gasteiger partial charge on any atom is -0.303 e. The van der Waals surface area contributed by atoms with Crippen molar-refractivity contribution in [3.05, 3.63) is 35.9 Å². The first-order valence-corrected chi connectivity index (χ1v) is 7.99. The maximum absolute atomic E-state index is 9.89. The van der Waals surface area contributed by atoms with E-state index in [1.54, 1.807) is 0 Å². The first kappa shape index (κ1) is 16.0. The second kappa shape index (κ2) is 7.06. The Labute approximate surface area is 129 Å². The molecule has 0 heterocycles. The SMILES string of the molecule is CC(C)CCN(C)CC(C#N)(NC1CC1)c1ccccc1. The molecule has 1 N–H and O–H groups in total. The van der Waals surface area contributed by atoms with Crippen molar-refractivity contribution >= 4 is 0 Å². The Kier molecular flexibility index (Phi) is 5.39. The van der Waals surface area contributed by atoms with Gasteiger partial charge in [0.05, 0.1) is 6.07 Å². The van der Waals surface area contributed by atoms with Crippen LogP contribution in [-0.2, 0) is 5.54 Å². The van der Waals surface area contributed by atoms with Crippen LogP contribution in [0.1, 0.15) is 38.7 Å². The van der Waals surface area contributed by atoms with Crippen LogP contribution in [0.15, 0.2) is 30.3 Å². The molecule has 114 valence electrons. The number of likely N-dealkylation sites (N-methyl/N-ethyl adjacent to an activating group) is 1. The molecule has 3 nitrogen and oxygen atoms in total. The highest BCUT2D eigenvalue weighted by Gasteiger charge is 2.38. The second-order valence-electron chi connectivity index (χ2n) is 6.72. The molecule has 2 rings (SSSR count). The Balaban J connectivity index is 2.13. The van der Waals surface area contributed by atoms with Gasteiger partial charge in [-0.1, -0.05) is 44.2 Å². The Morgan fingerprint density at radius 2 is 2.00 bits per heavy atom. The van der Waals surface area contributed by atoms with Crippen molar-refractivity contribution in [2.24, 2.45) is 5.92 Å². The van der Waals surface area contributed by atoms with Crippen molar-refractivity contribution in [1.82, 2.24) is 10.2 Å². The molecular formula is C18H27N3. The molecule has 1 aliphatic rings. The molecule has 1 aromatic rings. The maximum atomic E-state index is 9.89. The molecular weight excluding hydrogens is 258 g/mol. The quantitative estimate of drug-likeness (QED) is 0.797. The van der Waals surface area contributed by atoms with Gasteiger partial charge in [-0.2, -0.15) is 5.26 Å². The summed E-state index contributed by atoms with van der Waals surface area (Å²) in [6, 6.07) is 13.2. The molecule has 1 aromatic carbocycles. The van der Waals surface area contributed by atoms with Gasteiger partial charge in [0.1, 0.15) is 5.54 Å². The maximum Gasteiger partial charge on any atom is 0.145 e. The van der Waals surface area contributed by atoms with E-state index in [-0.39, 0.29) is 0 Å².